The van der Waals surface area contributed by atoms with Crippen LogP contribution in [0.1, 0.15) is 20.8 Å². The summed E-state index contributed by atoms with van der Waals surface area (Å²) in [7, 11) is 0. The quantitative estimate of drug-likeness (QED) is 0.447. The molecule has 0 rings (SSSR count). The summed E-state index contributed by atoms with van der Waals surface area (Å²) in [5.41, 5.74) is 0. The molecule has 0 aliphatic rings. The van der Waals surface area contributed by atoms with E-state index in [1.165, 1.54) is 0 Å². The van der Waals surface area contributed by atoms with Crippen molar-refractivity contribution in [3.8, 4) is 0 Å². The summed E-state index contributed by atoms with van der Waals surface area (Å²) in [6.45, 7) is 7.21. The Morgan fingerprint density at radius 2 is 1.89 bits per heavy atom. The van der Waals surface area contributed by atoms with Gasteiger partial charge in [-0.05, 0) is 20.8 Å². The maximum atomic E-state index is 5.79. The molecule has 0 saturated heterocycles. The van der Waals surface area contributed by atoms with E-state index < -0.39 is 0 Å². The standard InChI is InChI=1S/C6H13ClO.Mg.2H/c1-4-8-5-6(2,3)7;;;/h4-5H2,1-3H3;;;. The number of alkyl halides is 1. The van der Waals surface area contributed by atoms with Crippen LogP contribution in [0.2, 0.25) is 0 Å². The molecule has 0 aromatic carbocycles. The lowest BCUT2D eigenvalue weighted by atomic mass is 10.2. The lowest BCUT2D eigenvalue weighted by Crippen LogP contribution is -2.18. The van der Waals surface area contributed by atoms with Crippen molar-refractivity contribution >= 4 is 34.7 Å². The van der Waals surface area contributed by atoms with E-state index in [-0.39, 0.29) is 27.9 Å². The zero-order chi connectivity index (χ0) is 6.62. The second-order valence-electron chi connectivity index (χ2n) is 2.36. The molecule has 0 aliphatic heterocycles. The fourth-order valence-electron chi connectivity index (χ4n) is 0.345. The van der Waals surface area contributed by atoms with Crippen LogP contribution in [0.5, 0.6) is 0 Å². The molecule has 3 heteroatoms. The molecule has 0 heterocycles. The Bertz CT molecular complexity index is 60.6. The third-order valence-electron chi connectivity index (χ3n) is 0.649. The summed E-state index contributed by atoms with van der Waals surface area (Å²) in [5.74, 6) is 0. The maximum absolute atomic E-state index is 5.79. The van der Waals surface area contributed by atoms with Gasteiger partial charge in [0.15, 0.2) is 0 Å². The Balaban J connectivity index is 0. The van der Waals surface area contributed by atoms with Gasteiger partial charge in [0.25, 0.3) is 0 Å². The fourth-order valence-corrected chi connectivity index (χ4v) is 0.422. The van der Waals surface area contributed by atoms with Crippen LogP contribution in [0.4, 0.5) is 0 Å². The average molecular weight is 163 g/mol. The normalized spacial score (nSPS) is 10.7. The van der Waals surface area contributed by atoms with Gasteiger partial charge in [0.05, 0.1) is 11.5 Å². The predicted molar refractivity (Wildman–Crippen MR) is 45.0 cm³/mol. The van der Waals surface area contributed by atoms with Gasteiger partial charge in [-0.1, -0.05) is 0 Å². The van der Waals surface area contributed by atoms with Crippen LogP contribution in [0.25, 0.3) is 0 Å². The van der Waals surface area contributed by atoms with Gasteiger partial charge in [0.1, 0.15) is 0 Å². The van der Waals surface area contributed by atoms with Gasteiger partial charge < -0.3 is 4.74 Å². The smallest absolute Gasteiger partial charge is 0.316 e. The van der Waals surface area contributed by atoms with Crippen molar-refractivity contribution in [3.05, 3.63) is 0 Å². The minimum absolute atomic E-state index is 0. The Kier molecular flexibility index (Phi) is 8.13. The molecule has 0 atom stereocenters. The van der Waals surface area contributed by atoms with Crippen molar-refractivity contribution in [2.75, 3.05) is 13.2 Å². The highest BCUT2D eigenvalue weighted by atomic mass is 35.5. The molecule has 0 spiro atoms. The molecule has 0 aliphatic carbocycles. The lowest BCUT2D eigenvalue weighted by Gasteiger charge is -2.13. The molecule has 0 N–H and O–H groups in total. The topological polar surface area (TPSA) is 9.23 Å². The monoisotopic (exact) mass is 162 g/mol. The summed E-state index contributed by atoms with van der Waals surface area (Å²) in [6, 6.07) is 0. The molecule has 0 fully saturated rings. The molecule has 0 aromatic rings. The van der Waals surface area contributed by atoms with Gasteiger partial charge in [-0.2, -0.15) is 0 Å². The van der Waals surface area contributed by atoms with Gasteiger partial charge in [0, 0.05) is 6.61 Å². The van der Waals surface area contributed by atoms with Crippen LogP contribution in [0.3, 0.4) is 0 Å². The zero-order valence-corrected chi connectivity index (χ0v) is 6.46. The van der Waals surface area contributed by atoms with E-state index >= 15 is 0 Å². The summed E-state index contributed by atoms with van der Waals surface area (Å²) >= 11 is 5.79. The second kappa shape index (κ2) is 5.78. The number of rotatable bonds is 3. The molecule has 0 amide bonds. The molecule has 9 heavy (non-hydrogen) atoms. The molecule has 0 bridgehead atoms. The molecule has 1 nitrogen and oxygen atoms in total. The van der Waals surface area contributed by atoms with Crippen molar-refractivity contribution in [3.63, 3.8) is 0 Å². The van der Waals surface area contributed by atoms with E-state index in [1.54, 1.807) is 0 Å². The molecular formula is C6H15ClMgO. The largest absolute Gasteiger partial charge is 0.380 e. The highest BCUT2D eigenvalue weighted by Crippen LogP contribution is 2.11. The number of hydrogen-bond acceptors (Lipinski definition) is 1. The molecule has 54 valence electrons. The highest BCUT2D eigenvalue weighted by molar-refractivity contribution is 6.23. The molecule has 0 radical (unpaired) electrons. The first-order valence-electron chi connectivity index (χ1n) is 2.83. The predicted octanol–water partition coefficient (Wildman–Crippen LogP) is 1.12. The van der Waals surface area contributed by atoms with Crippen LogP contribution in [0, 0.1) is 0 Å². The van der Waals surface area contributed by atoms with Crippen molar-refractivity contribution < 1.29 is 4.74 Å². The first-order valence-corrected chi connectivity index (χ1v) is 3.20. The van der Waals surface area contributed by atoms with Crippen molar-refractivity contribution in [2.24, 2.45) is 0 Å². The summed E-state index contributed by atoms with van der Waals surface area (Å²) in [6.07, 6.45) is 0. The van der Waals surface area contributed by atoms with Gasteiger partial charge in [-0.15, -0.1) is 11.6 Å². The van der Waals surface area contributed by atoms with Crippen molar-refractivity contribution in [1.82, 2.24) is 0 Å². The molecule has 0 aromatic heterocycles. The minimum atomic E-state index is -0.198. The highest BCUT2D eigenvalue weighted by Gasteiger charge is 2.11. The van der Waals surface area contributed by atoms with E-state index in [4.69, 9.17) is 16.3 Å². The van der Waals surface area contributed by atoms with E-state index in [2.05, 4.69) is 0 Å². The number of halogens is 1. The molecule has 0 unspecified atom stereocenters. The second-order valence-corrected chi connectivity index (χ2v) is 3.38. The summed E-state index contributed by atoms with van der Waals surface area (Å²) < 4.78 is 5.07. The van der Waals surface area contributed by atoms with Crippen molar-refractivity contribution in [2.45, 2.75) is 25.6 Å². The summed E-state index contributed by atoms with van der Waals surface area (Å²) in [4.78, 5) is -0.198. The minimum Gasteiger partial charge on any atom is -0.380 e. The third-order valence-corrected chi connectivity index (χ3v) is 0.759. The van der Waals surface area contributed by atoms with Crippen LogP contribution in [0.15, 0.2) is 0 Å². The fraction of sp³-hybridized carbons (Fsp3) is 1.00. The van der Waals surface area contributed by atoms with E-state index in [0.717, 1.165) is 6.61 Å². The van der Waals surface area contributed by atoms with Crippen molar-refractivity contribution in [1.29, 1.82) is 0 Å². The Morgan fingerprint density at radius 1 is 1.44 bits per heavy atom. The SMILES string of the molecule is CCOCC(C)(C)Cl.[MgH2]. The van der Waals surface area contributed by atoms with Gasteiger partial charge in [0.2, 0.25) is 0 Å². The van der Waals surface area contributed by atoms with Gasteiger partial charge >= 0.3 is 23.1 Å². The van der Waals surface area contributed by atoms with Gasteiger partial charge in [-0.3, -0.25) is 0 Å². The first-order chi connectivity index (χ1) is 3.56. The van der Waals surface area contributed by atoms with Crippen LogP contribution in [-0.4, -0.2) is 41.1 Å². The number of ether oxygens (including phenoxy) is 1. The van der Waals surface area contributed by atoms with Crippen LogP contribution < -0.4 is 0 Å². The Hall–Kier alpha value is 1.02. The Morgan fingerprint density at radius 3 is 2.00 bits per heavy atom. The molecule has 0 saturated carbocycles. The van der Waals surface area contributed by atoms with E-state index in [0.29, 0.717) is 6.61 Å². The van der Waals surface area contributed by atoms with Crippen LogP contribution in [-0.2, 0) is 4.74 Å². The first kappa shape index (κ1) is 12.7. The van der Waals surface area contributed by atoms with Gasteiger partial charge in [-0.25, -0.2) is 0 Å². The van der Waals surface area contributed by atoms with E-state index in [9.17, 15) is 0 Å². The zero-order valence-electron chi connectivity index (χ0n) is 5.70. The summed E-state index contributed by atoms with van der Waals surface area (Å²) in [5, 5.41) is 0. The average Bonchev–Trinajstić information content (AvgIpc) is 1.59. The van der Waals surface area contributed by atoms with Crippen LogP contribution >= 0.6 is 11.6 Å². The maximum Gasteiger partial charge on any atom is 0.316 e. The third kappa shape index (κ3) is 12.3. The Labute approximate surface area is 78.3 Å². The number of hydrogen-bond donors (Lipinski definition) is 0. The lowest BCUT2D eigenvalue weighted by molar-refractivity contribution is 0.130. The molecular weight excluding hydrogens is 148 g/mol. The van der Waals surface area contributed by atoms with E-state index in [1.807, 2.05) is 20.8 Å².